The van der Waals surface area contributed by atoms with Crippen molar-refractivity contribution in [2.24, 2.45) is 0 Å². The van der Waals surface area contributed by atoms with Gasteiger partial charge in [-0.05, 0) is 31.9 Å². The third-order valence-electron chi connectivity index (χ3n) is 6.12. The van der Waals surface area contributed by atoms with Gasteiger partial charge in [-0.3, -0.25) is 9.69 Å². The van der Waals surface area contributed by atoms with Gasteiger partial charge in [0, 0.05) is 43.8 Å². The summed E-state index contributed by atoms with van der Waals surface area (Å²) in [6, 6.07) is 7.63. The third kappa shape index (κ3) is 4.20. The summed E-state index contributed by atoms with van der Waals surface area (Å²) in [4.78, 5) is 25.5. The van der Waals surface area contributed by atoms with E-state index in [1.807, 2.05) is 12.1 Å². The van der Waals surface area contributed by atoms with Gasteiger partial charge in [0.15, 0.2) is 0 Å². The van der Waals surface area contributed by atoms with Crippen molar-refractivity contribution in [3.8, 4) is 0 Å². The van der Waals surface area contributed by atoms with Gasteiger partial charge in [-0.2, -0.15) is 0 Å². The summed E-state index contributed by atoms with van der Waals surface area (Å²) >= 11 is 0. The van der Waals surface area contributed by atoms with Gasteiger partial charge >= 0.3 is 0 Å². The quantitative estimate of drug-likeness (QED) is 0.635. The topological polar surface area (TPSA) is 70.6 Å². The lowest BCUT2D eigenvalue weighted by atomic mass is 10.1. The van der Waals surface area contributed by atoms with E-state index in [1.165, 1.54) is 6.07 Å². The van der Waals surface area contributed by atoms with Crippen molar-refractivity contribution < 1.29 is 18.3 Å². The average Bonchev–Trinajstić information content (AvgIpc) is 2.82. The van der Waals surface area contributed by atoms with E-state index < -0.39 is 11.6 Å². The third-order valence-corrected chi connectivity index (χ3v) is 6.12. The van der Waals surface area contributed by atoms with Crippen molar-refractivity contribution in [1.29, 1.82) is 0 Å². The minimum absolute atomic E-state index is 0.0357. The molecule has 0 saturated carbocycles. The van der Waals surface area contributed by atoms with Gasteiger partial charge in [0.05, 0.1) is 29.8 Å². The first-order valence-corrected chi connectivity index (χ1v) is 11.2. The Morgan fingerprint density at radius 3 is 2.67 bits per heavy atom. The van der Waals surface area contributed by atoms with Crippen LogP contribution in [-0.4, -0.2) is 48.7 Å². The second kappa shape index (κ2) is 8.90. The molecule has 9 heteroatoms. The molecular weight excluding hydrogens is 428 g/mol. The summed E-state index contributed by atoms with van der Waals surface area (Å²) in [5, 5.41) is 3.41. The monoisotopic (exact) mass is 453 g/mol. The van der Waals surface area contributed by atoms with Crippen LogP contribution in [0.4, 0.5) is 31.9 Å². The number of anilines is 4. The minimum Gasteiger partial charge on any atom is -0.378 e. The summed E-state index contributed by atoms with van der Waals surface area (Å²) in [5.74, 6) is 0.261. The van der Waals surface area contributed by atoms with E-state index in [-0.39, 0.29) is 16.8 Å². The van der Waals surface area contributed by atoms with Crippen LogP contribution in [0.2, 0.25) is 0 Å². The zero-order chi connectivity index (χ0) is 22.9. The van der Waals surface area contributed by atoms with Crippen LogP contribution < -0.4 is 15.1 Å². The van der Waals surface area contributed by atoms with Crippen molar-refractivity contribution in [3.63, 3.8) is 0 Å². The van der Waals surface area contributed by atoms with E-state index in [0.717, 1.165) is 37.8 Å². The summed E-state index contributed by atoms with van der Waals surface area (Å²) in [7, 11) is 0. The molecule has 2 fully saturated rings. The summed E-state index contributed by atoms with van der Waals surface area (Å²) in [6.07, 6.45) is 2.12. The number of carbonyl (C=O) groups is 1. The number of ether oxygens (including phenoxy) is 1. The normalized spacial score (nSPS) is 17.0. The van der Waals surface area contributed by atoms with Crippen LogP contribution in [0, 0.1) is 18.6 Å². The molecule has 1 aromatic carbocycles. The predicted octanol–water partition coefficient (Wildman–Crippen LogP) is 4.31. The highest BCUT2D eigenvalue weighted by molar-refractivity contribution is 6.01. The average molecular weight is 453 g/mol. The zero-order valence-electron chi connectivity index (χ0n) is 18.4. The fraction of sp³-hybridized carbons (Fsp3) is 0.375. The van der Waals surface area contributed by atoms with Crippen LogP contribution in [-0.2, 0) is 9.53 Å². The first-order chi connectivity index (χ1) is 16.0. The number of morpholine rings is 1. The van der Waals surface area contributed by atoms with Gasteiger partial charge in [0.25, 0.3) is 0 Å². The molecule has 2 aromatic heterocycles. The number of benzene rings is 1. The van der Waals surface area contributed by atoms with Crippen LogP contribution in [0.5, 0.6) is 0 Å². The van der Waals surface area contributed by atoms with Gasteiger partial charge < -0.3 is 15.0 Å². The molecule has 172 valence electrons. The Bertz CT molecular complexity index is 1210. The highest BCUT2D eigenvalue weighted by Crippen LogP contribution is 2.37. The van der Waals surface area contributed by atoms with Crippen molar-refractivity contribution in [2.75, 3.05) is 48.0 Å². The van der Waals surface area contributed by atoms with Crippen molar-refractivity contribution in [2.45, 2.75) is 26.2 Å². The van der Waals surface area contributed by atoms with E-state index in [9.17, 15) is 13.6 Å². The van der Waals surface area contributed by atoms with Crippen LogP contribution in [0.3, 0.4) is 0 Å². The fourth-order valence-electron chi connectivity index (χ4n) is 4.43. The molecule has 7 nitrogen and oxygen atoms in total. The maximum atomic E-state index is 15.0. The van der Waals surface area contributed by atoms with E-state index in [1.54, 1.807) is 17.9 Å². The number of hydrogen-bond acceptors (Lipinski definition) is 6. The molecule has 1 amide bonds. The number of rotatable bonds is 4. The highest BCUT2D eigenvalue weighted by Gasteiger charge is 2.26. The standard InChI is InChI=1S/C24H25F2N5O2/c1-15-23(29-19-5-4-6-20(28-19)30-9-11-33-12-10-30)22-17(26)13-16(25)14-18(22)27-24(15)31-8-3-2-7-21(31)32/h4-6,13-14H,2-3,7-12H2,1H3,(H,27,28,29). The Labute approximate surface area is 190 Å². The summed E-state index contributed by atoms with van der Waals surface area (Å²) in [6.45, 7) is 5.07. The minimum atomic E-state index is -0.719. The molecule has 0 bridgehead atoms. The number of halogens is 2. The molecule has 2 aliphatic rings. The Hall–Kier alpha value is -3.33. The Morgan fingerprint density at radius 2 is 1.88 bits per heavy atom. The lowest BCUT2D eigenvalue weighted by Gasteiger charge is -2.29. The maximum Gasteiger partial charge on any atom is 0.228 e. The van der Waals surface area contributed by atoms with E-state index in [2.05, 4.69) is 15.2 Å². The number of pyridine rings is 2. The molecule has 5 rings (SSSR count). The molecule has 4 heterocycles. The van der Waals surface area contributed by atoms with Gasteiger partial charge in [-0.1, -0.05) is 6.07 Å². The number of hydrogen-bond donors (Lipinski definition) is 1. The molecule has 3 aromatic rings. The van der Waals surface area contributed by atoms with E-state index in [4.69, 9.17) is 9.72 Å². The number of fused-ring (bicyclic) bond motifs is 1. The number of nitrogens with zero attached hydrogens (tertiary/aromatic N) is 4. The first kappa shape index (κ1) is 21.5. The second-order valence-electron chi connectivity index (χ2n) is 8.33. The number of nitrogens with one attached hydrogen (secondary N) is 1. The molecule has 2 saturated heterocycles. The summed E-state index contributed by atoms with van der Waals surface area (Å²) < 4.78 is 34.4. The number of aromatic nitrogens is 2. The largest absolute Gasteiger partial charge is 0.378 e. The van der Waals surface area contributed by atoms with Crippen molar-refractivity contribution in [3.05, 3.63) is 47.5 Å². The molecule has 0 radical (unpaired) electrons. The van der Waals surface area contributed by atoms with E-state index >= 15 is 0 Å². The molecule has 0 atom stereocenters. The van der Waals surface area contributed by atoms with Gasteiger partial charge in [0.2, 0.25) is 5.91 Å². The highest BCUT2D eigenvalue weighted by atomic mass is 19.1. The molecule has 0 aliphatic carbocycles. The molecule has 0 unspecified atom stereocenters. The lowest BCUT2D eigenvalue weighted by Crippen LogP contribution is -2.36. The van der Waals surface area contributed by atoms with Gasteiger partial charge in [-0.25, -0.2) is 18.7 Å². The van der Waals surface area contributed by atoms with Gasteiger partial charge in [-0.15, -0.1) is 0 Å². The van der Waals surface area contributed by atoms with Gasteiger partial charge in [0.1, 0.15) is 29.1 Å². The van der Waals surface area contributed by atoms with E-state index in [0.29, 0.717) is 49.1 Å². The van der Waals surface area contributed by atoms with Crippen LogP contribution in [0.15, 0.2) is 30.3 Å². The van der Waals surface area contributed by atoms with Crippen LogP contribution >= 0.6 is 0 Å². The molecular formula is C24H25F2N5O2. The number of piperidine rings is 1. The SMILES string of the molecule is Cc1c(N2CCCCC2=O)nc2cc(F)cc(F)c2c1Nc1cccc(N2CCOCC2)n1. The smallest absolute Gasteiger partial charge is 0.228 e. The lowest BCUT2D eigenvalue weighted by molar-refractivity contribution is -0.119. The Kier molecular flexibility index (Phi) is 5.80. The molecule has 2 aliphatic heterocycles. The number of amides is 1. The van der Waals surface area contributed by atoms with Crippen molar-refractivity contribution >= 4 is 40.0 Å². The zero-order valence-corrected chi connectivity index (χ0v) is 18.4. The second-order valence-corrected chi connectivity index (χ2v) is 8.33. The first-order valence-electron chi connectivity index (χ1n) is 11.2. The molecule has 1 N–H and O–H groups in total. The van der Waals surface area contributed by atoms with Crippen LogP contribution in [0.1, 0.15) is 24.8 Å². The van der Waals surface area contributed by atoms with Crippen LogP contribution in [0.25, 0.3) is 10.9 Å². The predicted molar refractivity (Wildman–Crippen MR) is 123 cm³/mol. The maximum absolute atomic E-state index is 15.0. The molecule has 0 spiro atoms. The van der Waals surface area contributed by atoms with Crippen molar-refractivity contribution in [1.82, 2.24) is 9.97 Å². The molecule has 33 heavy (non-hydrogen) atoms. The fourth-order valence-corrected chi connectivity index (χ4v) is 4.43. The summed E-state index contributed by atoms with van der Waals surface area (Å²) in [5.41, 5.74) is 1.19. The Balaban J connectivity index is 1.61. The Morgan fingerprint density at radius 1 is 1.06 bits per heavy atom. The number of carbonyl (C=O) groups excluding carboxylic acids is 1.